The molecule has 0 saturated carbocycles. The number of nitrogens with zero attached hydrogens (tertiary/aromatic N) is 4. The van der Waals surface area contributed by atoms with Crippen molar-refractivity contribution in [3.8, 4) is 0 Å². The van der Waals surface area contributed by atoms with E-state index in [9.17, 15) is 4.79 Å². The highest BCUT2D eigenvalue weighted by molar-refractivity contribution is 5.91. The average Bonchev–Trinajstić information content (AvgIpc) is 2.92. The summed E-state index contributed by atoms with van der Waals surface area (Å²) in [5, 5.41) is 7.19. The number of rotatable bonds is 6. The van der Waals surface area contributed by atoms with Crippen molar-refractivity contribution in [2.45, 2.75) is 13.3 Å². The number of benzene rings is 1. The van der Waals surface area contributed by atoms with Crippen molar-refractivity contribution in [2.24, 2.45) is 7.05 Å². The Hall–Kier alpha value is -2.18. The molecule has 1 aromatic carbocycles. The molecule has 2 heterocycles. The molecule has 0 radical (unpaired) electrons. The predicted molar refractivity (Wildman–Crippen MR) is 99.6 cm³/mol. The smallest absolute Gasteiger partial charge is 0.239 e. The summed E-state index contributed by atoms with van der Waals surface area (Å²) in [6.07, 6.45) is 1.08. The Labute approximate surface area is 149 Å². The Morgan fingerprint density at radius 1 is 1.12 bits per heavy atom. The van der Waals surface area contributed by atoms with E-state index < -0.39 is 0 Å². The molecular weight excluding hydrogens is 314 g/mol. The van der Waals surface area contributed by atoms with Gasteiger partial charge in [-0.3, -0.25) is 14.4 Å². The number of amides is 1. The summed E-state index contributed by atoms with van der Waals surface area (Å²) < 4.78 is 1.70. The van der Waals surface area contributed by atoms with Crippen LogP contribution in [0.1, 0.15) is 11.3 Å². The van der Waals surface area contributed by atoms with Crippen LogP contribution in [0.25, 0.3) is 0 Å². The van der Waals surface area contributed by atoms with E-state index in [0.717, 1.165) is 50.7 Å². The normalized spacial score (nSPS) is 16.1. The van der Waals surface area contributed by atoms with Gasteiger partial charge in [-0.25, -0.2) is 0 Å². The van der Waals surface area contributed by atoms with Gasteiger partial charge in [0.2, 0.25) is 5.91 Å². The number of hydrogen-bond acceptors (Lipinski definition) is 4. The lowest BCUT2D eigenvalue weighted by Gasteiger charge is -2.34. The van der Waals surface area contributed by atoms with Gasteiger partial charge in [0.15, 0.2) is 0 Å². The summed E-state index contributed by atoms with van der Waals surface area (Å²) in [5.41, 5.74) is 2.29. The summed E-state index contributed by atoms with van der Waals surface area (Å²) >= 11 is 0. The highest BCUT2D eigenvalue weighted by Crippen LogP contribution is 2.09. The van der Waals surface area contributed by atoms with E-state index >= 15 is 0 Å². The monoisotopic (exact) mass is 341 g/mol. The number of carbonyl (C=O) groups is 1. The first-order valence-corrected chi connectivity index (χ1v) is 8.89. The molecule has 3 rings (SSSR count). The quantitative estimate of drug-likeness (QED) is 0.866. The van der Waals surface area contributed by atoms with Crippen molar-refractivity contribution >= 4 is 11.7 Å². The lowest BCUT2D eigenvalue weighted by molar-refractivity contribution is -0.117. The van der Waals surface area contributed by atoms with Crippen molar-refractivity contribution in [2.75, 3.05) is 44.6 Å². The van der Waals surface area contributed by atoms with Crippen LogP contribution in [0.5, 0.6) is 0 Å². The third kappa shape index (κ3) is 5.14. The molecule has 25 heavy (non-hydrogen) atoms. The van der Waals surface area contributed by atoms with Crippen molar-refractivity contribution in [3.63, 3.8) is 0 Å². The Morgan fingerprint density at radius 3 is 2.44 bits per heavy atom. The number of piperazine rings is 1. The summed E-state index contributed by atoms with van der Waals surface area (Å²) in [6, 6.07) is 12.5. The summed E-state index contributed by atoms with van der Waals surface area (Å²) in [7, 11) is 1.84. The molecule has 2 aromatic rings. The second kappa shape index (κ2) is 8.27. The van der Waals surface area contributed by atoms with Crippen LogP contribution in [0.15, 0.2) is 36.4 Å². The first kappa shape index (κ1) is 17.6. The minimum Gasteiger partial charge on any atom is -0.310 e. The molecule has 1 aromatic heterocycles. The zero-order chi connectivity index (χ0) is 17.6. The van der Waals surface area contributed by atoms with Crippen LogP contribution in [0.4, 0.5) is 5.82 Å². The molecule has 1 aliphatic heterocycles. The minimum absolute atomic E-state index is 0.0285. The number of anilines is 1. The van der Waals surface area contributed by atoms with E-state index in [1.807, 2.05) is 20.0 Å². The molecule has 1 fully saturated rings. The summed E-state index contributed by atoms with van der Waals surface area (Å²) in [6.45, 7) is 7.36. The van der Waals surface area contributed by atoms with Gasteiger partial charge in [-0.2, -0.15) is 5.10 Å². The topological polar surface area (TPSA) is 53.4 Å². The highest BCUT2D eigenvalue weighted by atomic mass is 16.2. The fourth-order valence-corrected chi connectivity index (χ4v) is 3.22. The minimum atomic E-state index is 0.0285. The molecule has 0 aliphatic carbocycles. The molecule has 0 bridgehead atoms. The van der Waals surface area contributed by atoms with Crippen LogP contribution >= 0.6 is 0 Å². The van der Waals surface area contributed by atoms with Crippen LogP contribution < -0.4 is 5.32 Å². The van der Waals surface area contributed by atoms with Crippen LogP contribution in [-0.2, 0) is 18.3 Å². The van der Waals surface area contributed by atoms with Crippen LogP contribution in [0.2, 0.25) is 0 Å². The number of nitrogens with one attached hydrogen (secondary N) is 1. The van der Waals surface area contributed by atoms with E-state index in [-0.39, 0.29) is 5.91 Å². The Balaban J connectivity index is 1.38. The average molecular weight is 341 g/mol. The Morgan fingerprint density at radius 2 is 1.80 bits per heavy atom. The zero-order valence-electron chi connectivity index (χ0n) is 15.1. The standard InChI is InChI=1S/C19H27N5O/c1-16-14-18(22(2)21-16)20-19(25)15-24-12-10-23(11-13-24)9-8-17-6-4-3-5-7-17/h3-7,14H,8-13,15H2,1-2H3,(H,20,25). The number of hydrogen-bond donors (Lipinski definition) is 1. The van der Waals surface area contributed by atoms with Crippen molar-refractivity contribution in [3.05, 3.63) is 47.7 Å². The van der Waals surface area contributed by atoms with Gasteiger partial charge in [0.25, 0.3) is 0 Å². The first-order valence-electron chi connectivity index (χ1n) is 8.89. The number of aryl methyl sites for hydroxylation is 2. The van der Waals surface area contributed by atoms with E-state index in [1.54, 1.807) is 4.68 Å². The second-order valence-corrected chi connectivity index (χ2v) is 6.70. The van der Waals surface area contributed by atoms with E-state index in [4.69, 9.17) is 0 Å². The molecule has 0 spiro atoms. The molecule has 1 amide bonds. The molecule has 134 valence electrons. The largest absolute Gasteiger partial charge is 0.310 e. The molecule has 1 aliphatic rings. The Kier molecular flexibility index (Phi) is 5.83. The molecule has 1 saturated heterocycles. The van der Waals surface area contributed by atoms with Crippen molar-refractivity contribution in [1.82, 2.24) is 19.6 Å². The van der Waals surface area contributed by atoms with E-state index in [1.165, 1.54) is 5.56 Å². The van der Waals surface area contributed by atoms with E-state index in [0.29, 0.717) is 6.54 Å². The van der Waals surface area contributed by atoms with Crippen molar-refractivity contribution in [1.29, 1.82) is 0 Å². The lowest BCUT2D eigenvalue weighted by Crippen LogP contribution is -2.49. The predicted octanol–water partition coefficient (Wildman–Crippen LogP) is 1.53. The number of carbonyl (C=O) groups excluding carboxylic acids is 1. The SMILES string of the molecule is Cc1cc(NC(=O)CN2CCN(CCc3ccccc3)CC2)n(C)n1. The molecular formula is C19H27N5O. The van der Waals surface area contributed by atoms with Gasteiger partial charge in [0.1, 0.15) is 5.82 Å². The Bertz CT molecular complexity index is 689. The van der Waals surface area contributed by atoms with Crippen LogP contribution in [0, 0.1) is 6.92 Å². The molecule has 0 atom stereocenters. The first-order chi connectivity index (χ1) is 12.1. The third-order valence-corrected chi connectivity index (χ3v) is 4.66. The summed E-state index contributed by atoms with van der Waals surface area (Å²) in [4.78, 5) is 16.9. The molecule has 6 nitrogen and oxygen atoms in total. The maximum Gasteiger partial charge on any atom is 0.239 e. The van der Waals surface area contributed by atoms with E-state index in [2.05, 4.69) is 50.5 Å². The van der Waals surface area contributed by atoms with Gasteiger partial charge in [-0.15, -0.1) is 0 Å². The van der Waals surface area contributed by atoms with Crippen LogP contribution in [0.3, 0.4) is 0 Å². The van der Waals surface area contributed by atoms with Gasteiger partial charge in [-0.05, 0) is 18.9 Å². The molecule has 1 N–H and O–H groups in total. The maximum absolute atomic E-state index is 12.2. The number of aromatic nitrogens is 2. The van der Waals surface area contributed by atoms with Gasteiger partial charge >= 0.3 is 0 Å². The maximum atomic E-state index is 12.2. The molecule has 0 unspecified atom stereocenters. The fraction of sp³-hybridized carbons (Fsp3) is 0.474. The highest BCUT2D eigenvalue weighted by Gasteiger charge is 2.19. The second-order valence-electron chi connectivity index (χ2n) is 6.70. The van der Waals surface area contributed by atoms with Gasteiger partial charge < -0.3 is 10.2 Å². The third-order valence-electron chi connectivity index (χ3n) is 4.66. The van der Waals surface area contributed by atoms with Gasteiger partial charge in [-0.1, -0.05) is 30.3 Å². The van der Waals surface area contributed by atoms with Crippen molar-refractivity contribution < 1.29 is 4.79 Å². The lowest BCUT2D eigenvalue weighted by atomic mass is 10.1. The fourth-order valence-electron chi connectivity index (χ4n) is 3.22. The summed E-state index contributed by atoms with van der Waals surface area (Å²) in [5.74, 6) is 0.782. The zero-order valence-corrected chi connectivity index (χ0v) is 15.1. The molecule has 6 heteroatoms. The van der Waals surface area contributed by atoms with Gasteiger partial charge in [0.05, 0.1) is 12.2 Å². The van der Waals surface area contributed by atoms with Gasteiger partial charge in [0, 0.05) is 45.8 Å². The van der Waals surface area contributed by atoms with Crippen LogP contribution in [-0.4, -0.2) is 64.8 Å².